The van der Waals surface area contributed by atoms with E-state index in [0.29, 0.717) is 0 Å². The van der Waals surface area contributed by atoms with Gasteiger partial charge in [0, 0.05) is 12.1 Å². The predicted octanol–water partition coefficient (Wildman–Crippen LogP) is 5.00. The minimum absolute atomic E-state index is 0.733. The summed E-state index contributed by atoms with van der Waals surface area (Å²) in [6.07, 6.45) is 0. The van der Waals surface area contributed by atoms with Gasteiger partial charge in [0.2, 0.25) is 0 Å². The molecule has 0 fully saturated rings. The smallest absolute Gasteiger partial charge is 0.0932 e. The van der Waals surface area contributed by atoms with Gasteiger partial charge in [-0.1, -0.05) is 91.0 Å². The van der Waals surface area contributed by atoms with E-state index >= 15 is 0 Å². The first-order valence-electron chi connectivity index (χ1n) is 7.98. The summed E-state index contributed by atoms with van der Waals surface area (Å²) >= 11 is 0. The first-order chi connectivity index (χ1) is 11.9. The molecule has 0 heterocycles. The quantitative estimate of drug-likeness (QED) is 0.502. The van der Waals surface area contributed by atoms with Crippen molar-refractivity contribution in [2.45, 2.75) is 6.54 Å². The van der Waals surface area contributed by atoms with Crippen LogP contribution in [0.4, 0.5) is 0 Å². The maximum atomic E-state index is 4.31. The van der Waals surface area contributed by atoms with Gasteiger partial charge in [-0.3, -0.25) is 4.99 Å². The van der Waals surface area contributed by atoms with Gasteiger partial charge in [0.05, 0.1) is 11.4 Å². The molecule has 0 aliphatic carbocycles. The zero-order valence-electron chi connectivity index (χ0n) is 13.5. The Morgan fingerprint density at radius 1 is 0.708 bits per heavy atom. The predicted molar refractivity (Wildman–Crippen MR) is 103 cm³/mol. The molecular weight excluding hydrogens is 292 g/mol. The maximum Gasteiger partial charge on any atom is 0.0932 e. The van der Waals surface area contributed by atoms with Gasteiger partial charge in [-0.2, -0.15) is 0 Å². The van der Waals surface area contributed by atoms with E-state index in [0.717, 1.165) is 29.1 Å². The number of rotatable bonds is 6. The second kappa shape index (κ2) is 7.93. The molecule has 0 amide bonds. The number of hydrogen-bond donors (Lipinski definition) is 1. The minimum atomic E-state index is 0.733. The van der Waals surface area contributed by atoms with E-state index in [4.69, 9.17) is 0 Å². The van der Waals surface area contributed by atoms with Gasteiger partial charge in [0.15, 0.2) is 0 Å². The second-order valence-electron chi connectivity index (χ2n) is 5.45. The van der Waals surface area contributed by atoms with Crippen molar-refractivity contribution in [1.82, 2.24) is 5.32 Å². The van der Waals surface area contributed by atoms with Gasteiger partial charge in [0.25, 0.3) is 0 Å². The Bertz CT molecular complexity index is 806. The first-order valence-corrected chi connectivity index (χ1v) is 7.98. The van der Waals surface area contributed by atoms with Crippen LogP contribution in [0.3, 0.4) is 0 Å². The summed E-state index contributed by atoms with van der Waals surface area (Å²) in [5.74, 6) is 0. The van der Waals surface area contributed by atoms with Gasteiger partial charge >= 0.3 is 0 Å². The van der Waals surface area contributed by atoms with Crippen molar-refractivity contribution in [3.63, 3.8) is 0 Å². The van der Waals surface area contributed by atoms with E-state index in [-0.39, 0.29) is 0 Å². The molecule has 0 saturated carbocycles. The summed E-state index contributed by atoms with van der Waals surface area (Å²) < 4.78 is 0. The molecule has 3 aromatic carbocycles. The van der Waals surface area contributed by atoms with Crippen molar-refractivity contribution in [2.24, 2.45) is 4.99 Å². The standard InChI is InChI=1S/C22H20N2/c1-23-21(19-13-7-3-8-14-19)22(20-15-9-4-10-16-20)24-17-18-11-5-2-6-12-18/h2-16,24H,1,17H2/b22-21-. The SMILES string of the molecule is C=N/C(=C(\NCc1ccccc1)c1ccccc1)c1ccccc1. The molecule has 3 aromatic rings. The summed E-state index contributed by atoms with van der Waals surface area (Å²) in [4.78, 5) is 4.31. The highest BCUT2D eigenvalue weighted by Gasteiger charge is 2.10. The van der Waals surface area contributed by atoms with E-state index < -0.39 is 0 Å². The van der Waals surface area contributed by atoms with Crippen molar-refractivity contribution in [3.8, 4) is 0 Å². The molecule has 3 rings (SSSR count). The Morgan fingerprint density at radius 3 is 1.75 bits per heavy atom. The van der Waals surface area contributed by atoms with Gasteiger partial charge < -0.3 is 5.32 Å². The summed E-state index contributed by atoms with van der Waals surface area (Å²) in [6, 6.07) is 30.7. The molecule has 2 heteroatoms. The maximum absolute atomic E-state index is 4.31. The Morgan fingerprint density at radius 2 is 1.21 bits per heavy atom. The van der Waals surface area contributed by atoms with Crippen LogP contribution in [0.2, 0.25) is 0 Å². The lowest BCUT2D eigenvalue weighted by atomic mass is 10.0. The lowest BCUT2D eigenvalue weighted by Crippen LogP contribution is -2.13. The Kier molecular flexibility index (Phi) is 5.21. The second-order valence-corrected chi connectivity index (χ2v) is 5.45. The molecular formula is C22H20N2. The van der Waals surface area contributed by atoms with Gasteiger partial charge in [0.1, 0.15) is 0 Å². The van der Waals surface area contributed by atoms with E-state index in [1.165, 1.54) is 5.56 Å². The van der Waals surface area contributed by atoms with E-state index in [9.17, 15) is 0 Å². The Hall–Kier alpha value is -3.13. The van der Waals surface area contributed by atoms with Crippen LogP contribution in [0.25, 0.3) is 11.4 Å². The van der Waals surface area contributed by atoms with Crippen molar-refractivity contribution in [2.75, 3.05) is 0 Å². The summed E-state index contributed by atoms with van der Waals surface area (Å²) in [5.41, 5.74) is 5.22. The lowest BCUT2D eigenvalue weighted by molar-refractivity contribution is 0.890. The molecule has 0 saturated heterocycles. The minimum Gasteiger partial charge on any atom is -0.379 e. The largest absolute Gasteiger partial charge is 0.379 e. The topological polar surface area (TPSA) is 24.4 Å². The molecule has 0 atom stereocenters. The van der Waals surface area contributed by atoms with Crippen LogP contribution in [0.1, 0.15) is 16.7 Å². The van der Waals surface area contributed by atoms with Crippen LogP contribution in [0.15, 0.2) is 96.0 Å². The van der Waals surface area contributed by atoms with Crippen molar-refractivity contribution in [1.29, 1.82) is 0 Å². The van der Waals surface area contributed by atoms with Crippen molar-refractivity contribution >= 4 is 18.1 Å². The third kappa shape index (κ3) is 3.79. The van der Waals surface area contributed by atoms with Gasteiger partial charge in [-0.25, -0.2) is 0 Å². The average molecular weight is 312 g/mol. The molecule has 0 aromatic heterocycles. The number of nitrogens with zero attached hydrogens (tertiary/aromatic N) is 1. The number of nitrogens with one attached hydrogen (secondary N) is 1. The molecule has 1 N–H and O–H groups in total. The highest BCUT2D eigenvalue weighted by molar-refractivity contribution is 5.90. The molecule has 0 aliphatic rings. The van der Waals surface area contributed by atoms with Crippen LogP contribution in [-0.4, -0.2) is 6.72 Å². The Labute approximate surface area is 143 Å². The highest BCUT2D eigenvalue weighted by atomic mass is 14.9. The Balaban J connectivity index is 2.01. The third-order valence-corrected chi connectivity index (χ3v) is 3.82. The van der Waals surface area contributed by atoms with Crippen molar-refractivity contribution < 1.29 is 0 Å². The third-order valence-electron chi connectivity index (χ3n) is 3.82. The van der Waals surface area contributed by atoms with Crippen LogP contribution < -0.4 is 5.32 Å². The summed E-state index contributed by atoms with van der Waals surface area (Å²) in [7, 11) is 0. The van der Waals surface area contributed by atoms with Gasteiger partial charge in [-0.05, 0) is 17.8 Å². The fraction of sp³-hybridized carbons (Fsp3) is 0.0455. The molecule has 0 radical (unpaired) electrons. The number of aliphatic imine (C=N–C) groups is 1. The van der Waals surface area contributed by atoms with E-state index in [1.807, 2.05) is 54.6 Å². The molecule has 0 bridgehead atoms. The molecule has 0 spiro atoms. The van der Waals surface area contributed by atoms with E-state index in [1.54, 1.807) is 0 Å². The zero-order chi connectivity index (χ0) is 16.6. The van der Waals surface area contributed by atoms with Crippen LogP contribution >= 0.6 is 0 Å². The molecule has 0 unspecified atom stereocenters. The fourth-order valence-corrected chi connectivity index (χ4v) is 2.62. The normalized spacial score (nSPS) is 11.5. The zero-order valence-corrected chi connectivity index (χ0v) is 13.5. The van der Waals surface area contributed by atoms with Crippen LogP contribution in [-0.2, 0) is 6.54 Å². The van der Waals surface area contributed by atoms with E-state index in [2.05, 4.69) is 53.4 Å². The summed E-state index contributed by atoms with van der Waals surface area (Å²) in [5, 5.41) is 3.55. The monoisotopic (exact) mass is 312 g/mol. The molecule has 24 heavy (non-hydrogen) atoms. The molecule has 2 nitrogen and oxygen atoms in total. The van der Waals surface area contributed by atoms with Gasteiger partial charge in [-0.15, -0.1) is 0 Å². The summed E-state index contributed by atoms with van der Waals surface area (Å²) in [6.45, 7) is 4.52. The lowest BCUT2D eigenvalue weighted by Gasteiger charge is -2.15. The average Bonchev–Trinajstić information content (AvgIpc) is 2.67. The first kappa shape index (κ1) is 15.8. The fourth-order valence-electron chi connectivity index (χ4n) is 2.62. The molecule has 0 aliphatic heterocycles. The highest BCUT2D eigenvalue weighted by Crippen LogP contribution is 2.25. The molecule has 118 valence electrons. The number of hydrogen-bond acceptors (Lipinski definition) is 2. The van der Waals surface area contributed by atoms with Crippen LogP contribution in [0.5, 0.6) is 0 Å². The number of benzene rings is 3. The van der Waals surface area contributed by atoms with Crippen molar-refractivity contribution in [3.05, 3.63) is 108 Å². The van der Waals surface area contributed by atoms with Crippen LogP contribution in [0, 0.1) is 0 Å².